The number of hydrogen-bond acceptors (Lipinski definition) is 6. The van der Waals surface area contributed by atoms with E-state index in [1.165, 1.54) is 6.07 Å². The van der Waals surface area contributed by atoms with Gasteiger partial charge in [-0.3, -0.25) is 4.79 Å². The van der Waals surface area contributed by atoms with E-state index < -0.39 is 0 Å². The number of carbonyl (C=O) groups is 1. The van der Waals surface area contributed by atoms with Crippen molar-refractivity contribution in [1.82, 2.24) is 9.80 Å². The first-order valence-electron chi connectivity index (χ1n) is 14.5. The van der Waals surface area contributed by atoms with Crippen molar-refractivity contribution in [2.24, 2.45) is 0 Å². The Morgan fingerprint density at radius 2 is 1.71 bits per heavy atom. The third-order valence-corrected chi connectivity index (χ3v) is 8.28. The van der Waals surface area contributed by atoms with Crippen LogP contribution in [-0.4, -0.2) is 69.3 Å². The van der Waals surface area contributed by atoms with Crippen LogP contribution in [0.25, 0.3) is 0 Å². The molecule has 1 atom stereocenters. The van der Waals surface area contributed by atoms with E-state index in [2.05, 4.69) is 22.8 Å². The van der Waals surface area contributed by atoms with Gasteiger partial charge in [-0.2, -0.15) is 0 Å². The number of ether oxygens (including phenoxy) is 3. The standard InChI is InChI=1S/C33H40FN3O4/c1-4-35-16-18-36(19-17-35)30-12-7-10-26-27(30)22-37(33(26)38)29(24-14-15-31(39-2)32(21-24)40-3)13-8-20-41-23-25-9-5-6-11-28(25)34/h5-7,9-12,14-15,21,29H,4,8,13,16-20,22-23H2,1-3H3. The van der Waals surface area contributed by atoms with Gasteiger partial charge in [0.1, 0.15) is 5.82 Å². The Balaban J connectivity index is 1.35. The number of benzene rings is 3. The van der Waals surface area contributed by atoms with Crippen LogP contribution in [0.15, 0.2) is 60.7 Å². The number of methoxy groups -OCH3 is 2. The molecule has 0 radical (unpaired) electrons. The summed E-state index contributed by atoms with van der Waals surface area (Å²) in [6, 6.07) is 18.5. The minimum atomic E-state index is -0.261. The van der Waals surface area contributed by atoms with Crippen LogP contribution >= 0.6 is 0 Å². The number of nitrogens with zero attached hydrogens (tertiary/aromatic N) is 3. The lowest BCUT2D eigenvalue weighted by molar-refractivity contribution is 0.0659. The van der Waals surface area contributed by atoms with Gasteiger partial charge in [0.25, 0.3) is 5.91 Å². The molecule has 41 heavy (non-hydrogen) atoms. The van der Waals surface area contributed by atoms with Crippen LogP contribution in [0, 0.1) is 5.82 Å². The zero-order valence-electron chi connectivity index (χ0n) is 24.3. The number of carbonyl (C=O) groups excluding carboxylic acids is 1. The maximum absolute atomic E-state index is 14.0. The van der Waals surface area contributed by atoms with Crippen LogP contribution in [0.3, 0.4) is 0 Å². The van der Waals surface area contributed by atoms with E-state index in [1.807, 2.05) is 41.3 Å². The Morgan fingerprint density at radius 3 is 2.44 bits per heavy atom. The highest BCUT2D eigenvalue weighted by Crippen LogP contribution is 2.40. The Hall–Kier alpha value is -3.62. The number of halogens is 1. The zero-order valence-corrected chi connectivity index (χ0v) is 24.3. The molecule has 0 saturated carbocycles. The third-order valence-electron chi connectivity index (χ3n) is 8.28. The summed E-state index contributed by atoms with van der Waals surface area (Å²) in [5.41, 5.74) is 4.57. The van der Waals surface area contributed by atoms with Crippen molar-refractivity contribution < 1.29 is 23.4 Å². The summed E-state index contributed by atoms with van der Waals surface area (Å²) < 4.78 is 30.9. The van der Waals surface area contributed by atoms with Crippen molar-refractivity contribution in [2.45, 2.75) is 39.0 Å². The first-order chi connectivity index (χ1) is 20.0. The molecule has 0 bridgehead atoms. The maximum Gasteiger partial charge on any atom is 0.255 e. The lowest BCUT2D eigenvalue weighted by Gasteiger charge is -2.36. The van der Waals surface area contributed by atoms with Crippen molar-refractivity contribution in [3.05, 3.63) is 88.7 Å². The van der Waals surface area contributed by atoms with E-state index in [0.717, 1.165) is 55.1 Å². The molecule has 0 N–H and O–H groups in total. The first kappa shape index (κ1) is 28.9. The average Bonchev–Trinajstić information content (AvgIpc) is 3.35. The molecule has 1 fully saturated rings. The van der Waals surface area contributed by atoms with Crippen LogP contribution in [0.2, 0.25) is 0 Å². The highest BCUT2D eigenvalue weighted by Gasteiger charge is 2.36. The molecule has 3 aromatic rings. The van der Waals surface area contributed by atoms with E-state index in [9.17, 15) is 9.18 Å². The van der Waals surface area contributed by atoms with Gasteiger partial charge < -0.3 is 28.9 Å². The number of likely N-dealkylation sites (N-methyl/N-ethyl adjacent to an activating group) is 1. The molecule has 2 aliphatic rings. The summed E-state index contributed by atoms with van der Waals surface area (Å²) in [5, 5.41) is 0. The van der Waals surface area contributed by atoms with Gasteiger partial charge >= 0.3 is 0 Å². The minimum Gasteiger partial charge on any atom is -0.493 e. The summed E-state index contributed by atoms with van der Waals surface area (Å²) in [4.78, 5) is 20.8. The highest BCUT2D eigenvalue weighted by atomic mass is 19.1. The molecule has 2 aliphatic heterocycles. The summed E-state index contributed by atoms with van der Waals surface area (Å²) >= 11 is 0. The van der Waals surface area contributed by atoms with Gasteiger partial charge in [0.05, 0.1) is 26.9 Å². The van der Waals surface area contributed by atoms with Gasteiger partial charge in [0.15, 0.2) is 11.5 Å². The SMILES string of the molecule is CCN1CCN(c2cccc3c2CN(C(CCCOCc2ccccc2F)c2ccc(OC)c(OC)c2)C3=O)CC1. The second kappa shape index (κ2) is 13.4. The summed E-state index contributed by atoms with van der Waals surface area (Å²) in [5.74, 6) is 1.06. The van der Waals surface area contributed by atoms with E-state index in [4.69, 9.17) is 14.2 Å². The Labute approximate surface area is 242 Å². The van der Waals surface area contributed by atoms with Gasteiger partial charge in [0.2, 0.25) is 0 Å². The number of rotatable bonds is 12. The van der Waals surface area contributed by atoms with Gasteiger partial charge in [-0.05, 0) is 55.3 Å². The van der Waals surface area contributed by atoms with Crippen molar-refractivity contribution in [2.75, 3.05) is 58.5 Å². The highest BCUT2D eigenvalue weighted by molar-refractivity contribution is 6.00. The maximum atomic E-state index is 14.0. The van der Waals surface area contributed by atoms with E-state index in [-0.39, 0.29) is 24.4 Å². The number of hydrogen-bond donors (Lipinski definition) is 0. The van der Waals surface area contributed by atoms with Crippen molar-refractivity contribution in [3.63, 3.8) is 0 Å². The minimum absolute atomic E-state index is 0.0427. The van der Waals surface area contributed by atoms with Crippen LogP contribution in [-0.2, 0) is 17.9 Å². The Morgan fingerprint density at radius 1 is 0.927 bits per heavy atom. The fourth-order valence-corrected chi connectivity index (χ4v) is 5.93. The smallest absolute Gasteiger partial charge is 0.255 e. The predicted octanol–water partition coefficient (Wildman–Crippen LogP) is 5.68. The van der Waals surface area contributed by atoms with E-state index >= 15 is 0 Å². The number of anilines is 1. The van der Waals surface area contributed by atoms with Gasteiger partial charge in [0, 0.05) is 61.7 Å². The largest absolute Gasteiger partial charge is 0.493 e. The fraction of sp³-hybridized carbons (Fsp3) is 0.424. The molecule has 0 spiro atoms. The van der Waals surface area contributed by atoms with Gasteiger partial charge in [-0.15, -0.1) is 0 Å². The molecule has 8 heteroatoms. The molecule has 218 valence electrons. The topological polar surface area (TPSA) is 54.5 Å². The summed E-state index contributed by atoms with van der Waals surface area (Å²) in [7, 11) is 3.24. The second-order valence-electron chi connectivity index (χ2n) is 10.6. The second-order valence-corrected chi connectivity index (χ2v) is 10.6. The summed E-state index contributed by atoms with van der Waals surface area (Å²) in [6.45, 7) is 8.45. The lowest BCUT2D eigenvalue weighted by Crippen LogP contribution is -2.46. The first-order valence-corrected chi connectivity index (χ1v) is 14.5. The normalized spacial score (nSPS) is 16.1. The van der Waals surface area contributed by atoms with Gasteiger partial charge in [-0.25, -0.2) is 4.39 Å². The van der Waals surface area contributed by atoms with E-state index in [1.54, 1.807) is 26.4 Å². The molecule has 1 amide bonds. The van der Waals surface area contributed by atoms with Crippen LogP contribution in [0.5, 0.6) is 11.5 Å². The summed E-state index contributed by atoms with van der Waals surface area (Å²) in [6.07, 6.45) is 1.40. The molecule has 1 saturated heterocycles. The van der Waals surface area contributed by atoms with Gasteiger partial charge in [-0.1, -0.05) is 37.3 Å². The molecular formula is C33H40FN3O4. The zero-order chi connectivity index (χ0) is 28.8. The average molecular weight is 562 g/mol. The van der Waals surface area contributed by atoms with Crippen molar-refractivity contribution in [1.29, 1.82) is 0 Å². The Kier molecular flexibility index (Phi) is 9.42. The molecule has 7 nitrogen and oxygen atoms in total. The monoisotopic (exact) mass is 561 g/mol. The van der Waals surface area contributed by atoms with Crippen LogP contribution in [0.1, 0.15) is 52.9 Å². The van der Waals surface area contributed by atoms with Crippen LogP contribution < -0.4 is 14.4 Å². The molecule has 0 aliphatic carbocycles. The molecule has 2 heterocycles. The number of piperazine rings is 1. The Bertz CT molecular complexity index is 1340. The van der Waals surface area contributed by atoms with Crippen LogP contribution in [0.4, 0.5) is 10.1 Å². The number of amides is 1. The molecular weight excluding hydrogens is 521 g/mol. The number of fused-ring (bicyclic) bond motifs is 1. The molecule has 5 rings (SSSR count). The lowest BCUT2D eigenvalue weighted by atomic mass is 9.99. The molecule has 1 unspecified atom stereocenters. The fourth-order valence-electron chi connectivity index (χ4n) is 5.93. The van der Waals surface area contributed by atoms with E-state index in [0.29, 0.717) is 43.1 Å². The van der Waals surface area contributed by atoms with Crippen molar-refractivity contribution >= 4 is 11.6 Å². The molecule has 3 aromatic carbocycles. The quantitative estimate of drug-likeness (QED) is 0.265. The predicted molar refractivity (Wildman–Crippen MR) is 158 cm³/mol. The molecule has 0 aromatic heterocycles. The third kappa shape index (κ3) is 6.34. The van der Waals surface area contributed by atoms with Crippen molar-refractivity contribution in [3.8, 4) is 11.5 Å².